The molecular formula is C27H30FN3O3. The van der Waals surface area contributed by atoms with Gasteiger partial charge >= 0.3 is 0 Å². The molecule has 0 radical (unpaired) electrons. The number of carbonyl (C=O) groups is 1. The lowest BCUT2D eigenvalue weighted by Crippen LogP contribution is -2.48. The minimum absolute atomic E-state index is 0.147. The van der Waals surface area contributed by atoms with Crippen LogP contribution in [-0.4, -0.2) is 48.9 Å². The average molecular weight is 464 g/mol. The second kappa shape index (κ2) is 8.87. The molecule has 5 rings (SSSR count). The van der Waals surface area contributed by atoms with E-state index in [-0.39, 0.29) is 5.91 Å². The Hall–Kier alpha value is -3.19. The molecule has 178 valence electrons. The normalized spacial score (nSPS) is 18.9. The van der Waals surface area contributed by atoms with Gasteiger partial charge in [0.2, 0.25) is 6.86 Å². The van der Waals surface area contributed by atoms with Crippen molar-refractivity contribution in [3.05, 3.63) is 64.8 Å². The van der Waals surface area contributed by atoms with Crippen molar-refractivity contribution in [1.29, 1.82) is 0 Å². The second-order valence-corrected chi connectivity index (χ2v) is 9.49. The van der Waals surface area contributed by atoms with Crippen LogP contribution in [0, 0.1) is 13.8 Å². The standard InChI is InChI=1S/C27H30FN3O3/c1-17-4-6-20(33-15-19-8-11-31(19)3)12-23(17)26(32)30-27(9-10-27)24-13-21(34-16-28)14-25-22(24)7-5-18(2)29-25/h4-7,12-14,19H,8-11,15-16H2,1-3H3,(H,30,32). The van der Waals surface area contributed by atoms with Gasteiger partial charge in [0.05, 0.1) is 11.1 Å². The molecule has 1 amide bonds. The van der Waals surface area contributed by atoms with Gasteiger partial charge in [0.25, 0.3) is 5.91 Å². The van der Waals surface area contributed by atoms with Gasteiger partial charge in [0.15, 0.2) is 0 Å². The topological polar surface area (TPSA) is 63.7 Å². The maximum absolute atomic E-state index is 13.4. The number of rotatable bonds is 8. The lowest BCUT2D eigenvalue weighted by Gasteiger charge is -2.37. The predicted molar refractivity (Wildman–Crippen MR) is 129 cm³/mol. The van der Waals surface area contributed by atoms with E-state index in [2.05, 4.69) is 22.2 Å². The molecule has 0 spiro atoms. The third-order valence-electron chi connectivity index (χ3n) is 7.09. The van der Waals surface area contributed by atoms with Crippen molar-refractivity contribution in [2.24, 2.45) is 0 Å². The quantitative estimate of drug-likeness (QED) is 0.527. The molecule has 2 fully saturated rings. The van der Waals surface area contributed by atoms with Crippen LogP contribution >= 0.6 is 0 Å². The van der Waals surface area contributed by atoms with E-state index in [0.717, 1.165) is 53.5 Å². The number of benzene rings is 2. The Morgan fingerprint density at radius 1 is 1.15 bits per heavy atom. The summed E-state index contributed by atoms with van der Waals surface area (Å²) in [7, 11) is 2.09. The highest BCUT2D eigenvalue weighted by atomic mass is 19.1. The number of aryl methyl sites for hydroxylation is 2. The van der Waals surface area contributed by atoms with Gasteiger partial charge in [0, 0.05) is 28.8 Å². The molecule has 2 aromatic carbocycles. The minimum atomic E-state index is -0.918. The van der Waals surface area contributed by atoms with Crippen molar-refractivity contribution in [3.8, 4) is 11.5 Å². The molecule has 2 heterocycles. The molecule has 6 nitrogen and oxygen atoms in total. The van der Waals surface area contributed by atoms with Crippen molar-refractivity contribution < 1.29 is 18.7 Å². The fourth-order valence-corrected chi connectivity index (χ4v) is 4.63. The Morgan fingerprint density at radius 2 is 1.97 bits per heavy atom. The van der Waals surface area contributed by atoms with Crippen LogP contribution in [-0.2, 0) is 5.54 Å². The number of hydrogen-bond donors (Lipinski definition) is 1. The summed E-state index contributed by atoms with van der Waals surface area (Å²) < 4.78 is 24.1. The van der Waals surface area contributed by atoms with E-state index >= 15 is 0 Å². The van der Waals surface area contributed by atoms with E-state index in [1.54, 1.807) is 6.07 Å². The molecule has 34 heavy (non-hydrogen) atoms. The largest absolute Gasteiger partial charge is 0.492 e. The first-order valence-corrected chi connectivity index (χ1v) is 11.8. The molecule has 2 aliphatic rings. The van der Waals surface area contributed by atoms with E-state index in [0.29, 0.717) is 29.7 Å². The van der Waals surface area contributed by atoms with Crippen LogP contribution in [0.15, 0.2) is 42.5 Å². The fourth-order valence-electron chi connectivity index (χ4n) is 4.63. The van der Waals surface area contributed by atoms with Gasteiger partial charge in [-0.1, -0.05) is 12.1 Å². The predicted octanol–water partition coefficient (Wildman–Crippen LogP) is 4.66. The van der Waals surface area contributed by atoms with Gasteiger partial charge in [-0.15, -0.1) is 0 Å². The number of pyridine rings is 1. The molecule has 1 unspecified atom stereocenters. The third kappa shape index (κ3) is 4.32. The Bertz CT molecular complexity index is 1240. The lowest BCUT2D eigenvalue weighted by molar-refractivity contribution is 0.0767. The summed E-state index contributed by atoms with van der Waals surface area (Å²) in [5.74, 6) is 0.965. The highest BCUT2D eigenvalue weighted by molar-refractivity contribution is 5.97. The van der Waals surface area contributed by atoms with Gasteiger partial charge in [0.1, 0.15) is 18.1 Å². The van der Waals surface area contributed by atoms with E-state index in [1.807, 2.05) is 50.2 Å². The summed E-state index contributed by atoms with van der Waals surface area (Å²) in [6.45, 7) is 4.63. The highest BCUT2D eigenvalue weighted by Gasteiger charge is 2.47. The molecule has 1 saturated carbocycles. The first kappa shape index (κ1) is 22.6. The number of nitrogens with one attached hydrogen (secondary N) is 1. The van der Waals surface area contributed by atoms with Crippen LogP contribution in [0.2, 0.25) is 0 Å². The average Bonchev–Trinajstić information content (AvgIpc) is 3.59. The molecule has 1 aliphatic heterocycles. The monoisotopic (exact) mass is 463 g/mol. The molecule has 1 atom stereocenters. The lowest BCUT2D eigenvalue weighted by atomic mass is 9.97. The van der Waals surface area contributed by atoms with Gasteiger partial charge in [-0.2, -0.15) is 0 Å². The summed E-state index contributed by atoms with van der Waals surface area (Å²) in [5, 5.41) is 4.20. The summed E-state index contributed by atoms with van der Waals surface area (Å²) in [5.41, 5.74) is 3.46. The van der Waals surface area contributed by atoms with Gasteiger partial charge in [-0.25, -0.2) is 4.39 Å². The highest BCUT2D eigenvalue weighted by Crippen LogP contribution is 2.49. The van der Waals surface area contributed by atoms with Crippen molar-refractivity contribution in [3.63, 3.8) is 0 Å². The number of alkyl halides is 1. The van der Waals surface area contributed by atoms with E-state index in [1.165, 1.54) is 0 Å². The van der Waals surface area contributed by atoms with E-state index in [9.17, 15) is 9.18 Å². The Balaban J connectivity index is 1.41. The third-order valence-corrected chi connectivity index (χ3v) is 7.09. The first-order chi connectivity index (χ1) is 16.4. The van der Waals surface area contributed by atoms with Gasteiger partial charge in [-0.05, 0) is 82.1 Å². The number of likely N-dealkylation sites (N-methyl/N-ethyl adjacent to an activating group) is 1. The van der Waals surface area contributed by atoms with Crippen LogP contribution in [0.5, 0.6) is 11.5 Å². The number of carbonyl (C=O) groups excluding carboxylic acids is 1. The zero-order valence-corrected chi connectivity index (χ0v) is 19.9. The summed E-state index contributed by atoms with van der Waals surface area (Å²) in [6.07, 6.45) is 2.72. The van der Waals surface area contributed by atoms with Crippen LogP contribution in [0.3, 0.4) is 0 Å². The molecule has 1 aliphatic carbocycles. The number of nitrogens with zero attached hydrogens (tertiary/aromatic N) is 2. The second-order valence-electron chi connectivity index (χ2n) is 9.49. The molecule has 1 saturated heterocycles. The fraction of sp³-hybridized carbons (Fsp3) is 0.407. The Labute approximate surface area is 199 Å². The van der Waals surface area contributed by atoms with E-state index in [4.69, 9.17) is 9.47 Å². The smallest absolute Gasteiger partial charge is 0.252 e. The maximum Gasteiger partial charge on any atom is 0.252 e. The summed E-state index contributed by atoms with van der Waals surface area (Å²) in [4.78, 5) is 20.3. The molecule has 3 aromatic rings. The Kier molecular flexibility index (Phi) is 5.90. The van der Waals surface area contributed by atoms with Crippen LogP contribution < -0.4 is 14.8 Å². The zero-order valence-electron chi connectivity index (χ0n) is 19.9. The number of ether oxygens (including phenoxy) is 2. The van der Waals surface area contributed by atoms with Crippen molar-refractivity contribution in [2.75, 3.05) is 27.1 Å². The number of fused-ring (bicyclic) bond motifs is 1. The minimum Gasteiger partial charge on any atom is -0.492 e. The SMILES string of the molecule is Cc1ccc2c(C3(NC(=O)c4cc(OCC5CCN5C)ccc4C)CC3)cc(OCF)cc2n1. The van der Waals surface area contributed by atoms with Crippen LogP contribution in [0.25, 0.3) is 10.9 Å². The molecule has 1 N–H and O–H groups in total. The number of halogens is 1. The van der Waals surface area contributed by atoms with Gasteiger partial charge < -0.3 is 14.8 Å². The Morgan fingerprint density at radius 3 is 2.65 bits per heavy atom. The summed E-state index contributed by atoms with van der Waals surface area (Å²) >= 11 is 0. The molecule has 0 bridgehead atoms. The molecule has 7 heteroatoms. The van der Waals surface area contributed by atoms with Crippen molar-refractivity contribution in [1.82, 2.24) is 15.2 Å². The van der Waals surface area contributed by atoms with Crippen molar-refractivity contribution in [2.45, 2.75) is 44.7 Å². The maximum atomic E-state index is 13.4. The van der Waals surface area contributed by atoms with Crippen LogP contribution in [0.1, 0.15) is 46.4 Å². The number of hydrogen-bond acceptors (Lipinski definition) is 5. The van der Waals surface area contributed by atoms with Crippen molar-refractivity contribution >= 4 is 16.8 Å². The first-order valence-electron chi connectivity index (χ1n) is 11.8. The van der Waals surface area contributed by atoms with Gasteiger partial charge in [-0.3, -0.25) is 14.7 Å². The zero-order chi connectivity index (χ0) is 23.9. The number of aromatic nitrogens is 1. The van der Waals surface area contributed by atoms with Crippen LogP contribution in [0.4, 0.5) is 4.39 Å². The van der Waals surface area contributed by atoms with E-state index < -0.39 is 12.4 Å². The summed E-state index contributed by atoms with van der Waals surface area (Å²) in [6, 6.07) is 13.6. The number of likely N-dealkylation sites (tertiary alicyclic amines) is 1. The number of amides is 1. The molecular weight excluding hydrogens is 433 g/mol. The molecule has 1 aromatic heterocycles.